The van der Waals surface area contributed by atoms with Gasteiger partial charge >= 0.3 is 0 Å². The summed E-state index contributed by atoms with van der Waals surface area (Å²) in [6.07, 6.45) is 3.16. The molecule has 8 nitrogen and oxygen atoms in total. The number of nitrogens with zero attached hydrogens (tertiary/aromatic N) is 1. The second kappa shape index (κ2) is 12.0. The highest BCUT2D eigenvalue weighted by molar-refractivity contribution is 6.22. The molecule has 2 atom stereocenters. The fraction of sp³-hybridized carbons (Fsp3) is 0.167. The molecule has 0 unspecified atom stereocenters. The van der Waals surface area contributed by atoms with E-state index in [1.165, 1.54) is 4.90 Å². The maximum Gasteiger partial charge on any atom is 0.255 e. The van der Waals surface area contributed by atoms with Crippen LogP contribution in [0.25, 0.3) is 0 Å². The molecule has 0 spiro atoms. The van der Waals surface area contributed by atoms with E-state index in [0.717, 1.165) is 16.9 Å². The van der Waals surface area contributed by atoms with Crippen LogP contribution in [-0.2, 0) is 9.59 Å². The van der Waals surface area contributed by atoms with Crippen LogP contribution in [0, 0.1) is 18.8 Å². The second-order valence-electron chi connectivity index (χ2n) is 11.2. The molecular formula is C36H31N3O5. The van der Waals surface area contributed by atoms with Crippen LogP contribution in [0.5, 0.6) is 11.5 Å². The van der Waals surface area contributed by atoms with E-state index < -0.39 is 5.91 Å². The Labute approximate surface area is 255 Å². The number of hydrogen-bond donors (Lipinski definition) is 2. The maximum atomic E-state index is 13.1. The van der Waals surface area contributed by atoms with Gasteiger partial charge in [-0.15, -0.1) is 0 Å². The number of aryl methyl sites for hydroxylation is 1. The van der Waals surface area contributed by atoms with Gasteiger partial charge in [0.15, 0.2) is 0 Å². The topological polar surface area (TPSA) is 105 Å². The monoisotopic (exact) mass is 585 g/mol. The molecule has 4 amide bonds. The SMILES string of the molecule is CC1=CC[C@H]2C(=O)N(c3cccc(C(=O)Nc4ccc(C(=O)Nc5ccc(Oc6ccc(C)cc6)cc5)cc4)c3)C(=O)[C@@H]2C1. The van der Waals surface area contributed by atoms with E-state index in [9.17, 15) is 19.2 Å². The van der Waals surface area contributed by atoms with E-state index in [1.807, 2.05) is 44.2 Å². The maximum absolute atomic E-state index is 13.1. The molecule has 8 heteroatoms. The predicted octanol–water partition coefficient (Wildman–Crippen LogP) is 7.14. The van der Waals surface area contributed by atoms with Gasteiger partial charge in [-0.05, 0) is 106 Å². The number of rotatable bonds is 7. The Hall–Kier alpha value is -5.50. The van der Waals surface area contributed by atoms with Crippen molar-refractivity contribution in [1.29, 1.82) is 0 Å². The highest BCUT2D eigenvalue weighted by atomic mass is 16.5. The molecule has 0 radical (unpaired) electrons. The number of anilines is 3. The van der Waals surface area contributed by atoms with Gasteiger partial charge in [-0.3, -0.25) is 24.1 Å². The number of nitrogens with one attached hydrogen (secondary N) is 2. The van der Waals surface area contributed by atoms with Gasteiger partial charge in [-0.1, -0.05) is 35.4 Å². The third kappa shape index (κ3) is 6.01. The van der Waals surface area contributed by atoms with Crippen molar-refractivity contribution in [2.45, 2.75) is 26.7 Å². The molecule has 0 saturated carbocycles. The summed E-state index contributed by atoms with van der Waals surface area (Å²) in [6.45, 7) is 3.99. The number of allylic oxidation sites excluding steroid dienone is 2. The normalized spacial score (nSPS) is 17.5. The quantitative estimate of drug-likeness (QED) is 0.177. The summed E-state index contributed by atoms with van der Waals surface area (Å²) in [6, 6.07) is 27.9. The number of imide groups is 1. The minimum atomic E-state index is -0.397. The standard InChI is InChI=1S/C36H31N3O5/c1-22-6-15-29(16-7-22)44-30-17-13-27(14-18-30)37-33(40)24-9-11-26(12-10-24)38-34(41)25-4-3-5-28(21-25)39-35(42)31-19-8-23(2)20-32(31)36(39)43/h3-18,21,31-32H,19-20H2,1-2H3,(H,37,40)(H,38,41)/t31-,32-/m1/s1. The summed E-state index contributed by atoms with van der Waals surface area (Å²) in [5.41, 5.74) is 4.49. The highest BCUT2D eigenvalue weighted by Crippen LogP contribution is 2.40. The summed E-state index contributed by atoms with van der Waals surface area (Å²) in [5, 5.41) is 5.68. The molecular weight excluding hydrogens is 554 g/mol. The molecule has 0 aromatic heterocycles. The Morgan fingerprint density at radius 3 is 1.93 bits per heavy atom. The zero-order valence-corrected chi connectivity index (χ0v) is 24.4. The van der Waals surface area contributed by atoms with E-state index in [4.69, 9.17) is 4.74 Å². The molecule has 4 aromatic rings. The first-order valence-electron chi connectivity index (χ1n) is 14.5. The Balaban J connectivity index is 1.06. The number of fused-ring (bicyclic) bond motifs is 1. The van der Waals surface area contributed by atoms with Crippen molar-refractivity contribution >= 4 is 40.7 Å². The van der Waals surface area contributed by atoms with Crippen LogP contribution in [0.4, 0.5) is 17.1 Å². The minimum absolute atomic E-state index is 0.217. The van der Waals surface area contributed by atoms with Crippen molar-refractivity contribution in [3.8, 4) is 11.5 Å². The lowest BCUT2D eigenvalue weighted by molar-refractivity contribution is -0.122. The largest absolute Gasteiger partial charge is 0.457 e. The van der Waals surface area contributed by atoms with Crippen LogP contribution in [-0.4, -0.2) is 23.6 Å². The van der Waals surface area contributed by atoms with E-state index in [0.29, 0.717) is 46.8 Å². The third-order valence-electron chi connectivity index (χ3n) is 7.96. The zero-order chi connectivity index (χ0) is 30.8. The van der Waals surface area contributed by atoms with Crippen molar-refractivity contribution < 1.29 is 23.9 Å². The fourth-order valence-corrected chi connectivity index (χ4v) is 5.54. The van der Waals surface area contributed by atoms with Crippen molar-refractivity contribution in [1.82, 2.24) is 0 Å². The van der Waals surface area contributed by atoms with Gasteiger partial charge in [0.25, 0.3) is 11.8 Å². The number of carbonyl (C=O) groups excluding carboxylic acids is 4. The van der Waals surface area contributed by atoms with Crippen LogP contribution in [0.1, 0.15) is 46.0 Å². The van der Waals surface area contributed by atoms with E-state index in [1.54, 1.807) is 72.8 Å². The van der Waals surface area contributed by atoms with Gasteiger partial charge in [-0.2, -0.15) is 0 Å². The first-order valence-corrected chi connectivity index (χ1v) is 14.5. The van der Waals surface area contributed by atoms with Crippen LogP contribution in [0.2, 0.25) is 0 Å². The summed E-state index contributed by atoms with van der Waals surface area (Å²) in [7, 11) is 0. The van der Waals surface area contributed by atoms with Gasteiger partial charge in [-0.25, -0.2) is 0 Å². The lowest BCUT2D eigenvalue weighted by Crippen LogP contribution is -2.31. The zero-order valence-electron chi connectivity index (χ0n) is 24.4. The van der Waals surface area contributed by atoms with Crippen molar-refractivity contribution in [2.24, 2.45) is 11.8 Å². The number of ether oxygens (including phenoxy) is 1. The summed E-state index contributed by atoms with van der Waals surface area (Å²) >= 11 is 0. The molecule has 44 heavy (non-hydrogen) atoms. The Kier molecular flexibility index (Phi) is 7.81. The number of carbonyl (C=O) groups is 4. The van der Waals surface area contributed by atoms with E-state index in [2.05, 4.69) is 10.6 Å². The molecule has 2 aliphatic rings. The van der Waals surface area contributed by atoms with Gasteiger partial charge in [0.1, 0.15) is 11.5 Å². The Morgan fingerprint density at radius 2 is 1.27 bits per heavy atom. The number of amides is 4. The van der Waals surface area contributed by atoms with Crippen molar-refractivity contribution in [3.05, 3.63) is 125 Å². The lowest BCUT2D eigenvalue weighted by atomic mass is 9.82. The highest BCUT2D eigenvalue weighted by Gasteiger charge is 2.48. The van der Waals surface area contributed by atoms with Gasteiger partial charge < -0.3 is 15.4 Å². The lowest BCUT2D eigenvalue weighted by Gasteiger charge is -2.18. The van der Waals surface area contributed by atoms with Gasteiger partial charge in [0.2, 0.25) is 11.8 Å². The minimum Gasteiger partial charge on any atom is -0.457 e. The predicted molar refractivity (Wildman–Crippen MR) is 169 cm³/mol. The first kappa shape index (κ1) is 28.6. The summed E-state index contributed by atoms with van der Waals surface area (Å²) in [4.78, 5) is 53.3. The Morgan fingerprint density at radius 1 is 0.705 bits per heavy atom. The fourth-order valence-electron chi connectivity index (χ4n) is 5.54. The third-order valence-corrected chi connectivity index (χ3v) is 7.96. The smallest absolute Gasteiger partial charge is 0.255 e. The van der Waals surface area contributed by atoms with Gasteiger partial charge in [0.05, 0.1) is 17.5 Å². The molecule has 1 aliphatic carbocycles. The number of hydrogen-bond acceptors (Lipinski definition) is 5. The van der Waals surface area contributed by atoms with Crippen LogP contribution in [0.3, 0.4) is 0 Å². The molecule has 1 fully saturated rings. The molecule has 0 bridgehead atoms. The molecule has 4 aromatic carbocycles. The molecule has 1 aliphatic heterocycles. The van der Waals surface area contributed by atoms with E-state index in [-0.39, 0.29) is 29.6 Å². The summed E-state index contributed by atoms with van der Waals surface area (Å²) < 4.78 is 5.84. The van der Waals surface area contributed by atoms with Crippen molar-refractivity contribution in [2.75, 3.05) is 15.5 Å². The molecule has 2 N–H and O–H groups in total. The Bertz CT molecular complexity index is 1780. The van der Waals surface area contributed by atoms with Crippen molar-refractivity contribution in [3.63, 3.8) is 0 Å². The number of benzene rings is 4. The average Bonchev–Trinajstić information content (AvgIpc) is 3.28. The average molecular weight is 586 g/mol. The summed E-state index contributed by atoms with van der Waals surface area (Å²) in [5.74, 6) is -0.447. The second-order valence-corrected chi connectivity index (χ2v) is 11.2. The van der Waals surface area contributed by atoms with Crippen LogP contribution >= 0.6 is 0 Å². The van der Waals surface area contributed by atoms with Gasteiger partial charge in [0, 0.05) is 22.5 Å². The molecule has 1 saturated heterocycles. The van der Waals surface area contributed by atoms with E-state index >= 15 is 0 Å². The first-order chi connectivity index (χ1) is 21.2. The molecule has 6 rings (SSSR count). The molecule has 1 heterocycles. The molecule has 220 valence electrons. The van der Waals surface area contributed by atoms with Crippen LogP contribution < -0.4 is 20.3 Å². The van der Waals surface area contributed by atoms with Crippen LogP contribution in [0.15, 0.2) is 109 Å².